The van der Waals surface area contributed by atoms with Crippen LogP contribution in [0.4, 0.5) is 26.3 Å². The lowest BCUT2D eigenvalue weighted by Crippen LogP contribution is -2.07. The Morgan fingerprint density at radius 1 is 1.00 bits per heavy atom. The summed E-state index contributed by atoms with van der Waals surface area (Å²) >= 11 is 1.03. The van der Waals surface area contributed by atoms with Crippen LogP contribution in [-0.4, -0.2) is 24.6 Å². The minimum Gasteiger partial charge on any atom is -0.486 e. The average molecular weight is 549 g/mol. The molecule has 38 heavy (non-hydrogen) atoms. The number of fused-ring (bicyclic) bond motifs is 5. The molecule has 1 aromatic carbocycles. The molecule has 7 nitrogen and oxygen atoms in total. The number of hydrogen-bond donors (Lipinski definition) is 0. The summed E-state index contributed by atoms with van der Waals surface area (Å²) in [5.74, 6) is 0.794. The molecule has 6 aromatic rings. The summed E-state index contributed by atoms with van der Waals surface area (Å²) in [5, 5.41) is 4.85. The third-order valence-electron chi connectivity index (χ3n) is 5.68. The van der Waals surface area contributed by atoms with E-state index in [9.17, 15) is 26.3 Å². The van der Waals surface area contributed by atoms with Crippen LogP contribution in [0.5, 0.6) is 5.75 Å². The van der Waals surface area contributed by atoms with E-state index in [1.807, 2.05) is 0 Å². The van der Waals surface area contributed by atoms with Gasteiger partial charge in [0.05, 0.1) is 11.1 Å². The Balaban J connectivity index is 1.31. The SMILES string of the molecule is Cc1cc(C(F)(F)F)nc2sc3c(ncn4nc(-c5ccc(COc6cccc(C(F)(F)F)c6)o5)nc34)c12. The maximum atomic E-state index is 13.2. The molecule has 0 saturated heterocycles. The lowest BCUT2D eigenvalue weighted by Gasteiger charge is -2.09. The molecule has 6 rings (SSSR count). The molecule has 0 N–H and O–H groups in total. The van der Waals surface area contributed by atoms with Crippen LogP contribution in [-0.2, 0) is 19.0 Å². The number of ether oxygens (including phenoxy) is 1. The summed E-state index contributed by atoms with van der Waals surface area (Å²) in [5.41, 5.74) is -0.599. The molecule has 0 aliphatic heterocycles. The van der Waals surface area contributed by atoms with Crippen molar-refractivity contribution in [2.45, 2.75) is 25.9 Å². The van der Waals surface area contributed by atoms with Gasteiger partial charge in [-0.05, 0) is 48.9 Å². The minimum absolute atomic E-state index is 0.0273. The number of benzene rings is 1. The summed E-state index contributed by atoms with van der Waals surface area (Å²) in [6.07, 6.45) is -7.67. The monoisotopic (exact) mass is 549 g/mol. The van der Waals surface area contributed by atoms with E-state index in [-0.39, 0.29) is 28.8 Å². The largest absolute Gasteiger partial charge is 0.486 e. The molecule has 0 aliphatic carbocycles. The summed E-state index contributed by atoms with van der Waals surface area (Å²) in [6.45, 7) is 1.43. The maximum absolute atomic E-state index is 13.2. The highest BCUT2D eigenvalue weighted by molar-refractivity contribution is 7.26. The maximum Gasteiger partial charge on any atom is 0.433 e. The van der Waals surface area contributed by atoms with E-state index in [0.29, 0.717) is 32.6 Å². The number of thiophene rings is 1. The molecular weight excluding hydrogens is 536 g/mol. The fourth-order valence-corrected chi connectivity index (χ4v) is 5.13. The molecule has 0 atom stereocenters. The Bertz CT molecular complexity index is 1840. The molecule has 0 radical (unpaired) electrons. The number of rotatable bonds is 4. The first-order valence-electron chi connectivity index (χ1n) is 10.9. The van der Waals surface area contributed by atoms with Crippen LogP contribution in [0, 0.1) is 6.92 Å². The van der Waals surface area contributed by atoms with Gasteiger partial charge in [-0.1, -0.05) is 6.07 Å². The molecule has 0 saturated carbocycles. The third kappa shape index (κ3) is 4.20. The zero-order chi connectivity index (χ0) is 26.8. The number of furan rings is 1. The Labute approximate surface area is 212 Å². The highest BCUT2D eigenvalue weighted by Gasteiger charge is 2.34. The van der Waals surface area contributed by atoms with Gasteiger partial charge >= 0.3 is 12.4 Å². The second-order valence-electron chi connectivity index (χ2n) is 8.31. The third-order valence-corrected chi connectivity index (χ3v) is 6.75. The van der Waals surface area contributed by atoms with Gasteiger partial charge in [-0.2, -0.15) is 26.3 Å². The van der Waals surface area contributed by atoms with E-state index in [0.717, 1.165) is 29.5 Å². The lowest BCUT2D eigenvalue weighted by molar-refractivity contribution is -0.141. The summed E-state index contributed by atoms with van der Waals surface area (Å²) in [6, 6.07) is 8.63. The second-order valence-corrected chi connectivity index (χ2v) is 9.31. The van der Waals surface area contributed by atoms with Gasteiger partial charge in [-0.25, -0.2) is 19.5 Å². The molecule has 0 bridgehead atoms. The summed E-state index contributed by atoms with van der Waals surface area (Å²) in [4.78, 5) is 12.8. The zero-order valence-electron chi connectivity index (χ0n) is 19.1. The van der Waals surface area contributed by atoms with Crippen molar-refractivity contribution >= 4 is 37.4 Å². The number of pyridine rings is 1. The Morgan fingerprint density at radius 2 is 1.82 bits per heavy atom. The first kappa shape index (κ1) is 24.2. The van der Waals surface area contributed by atoms with Gasteiger partial charge in [0.25, 0.3) is 0 Å². The number of alkyl halides is 6. The highest BCUT2D eigenvalue weighted by Crippen LogP contribution is 2.39. The molecule has 0 unspecified atom stereocenters. The average Bonchev–Trinajstić information content (AvgIpc) is 3.57. The van der Waals surface area contributed by atoms with Crippen molar-refractivity contribution < 1.29 is 35.5 Å². The number of hydrogen-bond acceptors (Lipinski definition) is 7. The van der Waals surface area contributed by atoms with E-state index in [1.165, 1.54) is 23.0 Å². The van der Waals surface area contributed by atoms with Crippen LogP contribution in [0.1, 0.15) is 22.6 Å². The predicted molar refractivity (Wildman–Crippen MR) is 125 cm³/mol. The summed E-state index contributed by atoms with van der Waals surface area (Å²) < 4.78 is 91.5. The van der Waals surface area contributed by atoms with Gasteiger partial charge in [0.2, 0.25) is 5.82 Å². The minimum atomic E-state index is -4.58. The van der Waals surface area contributed by atoms with Gasteiger partial charge in [0, 0.05) is 5.39 Å². The van der Waals surface area contributed by atoms with Crippen molar-refractivity contribution in [1.82, 2.24) is 24.6 Å². The molecule has 194 valence electrons. The molecule has 0 spiro atoms. The molecule has 0 aliphatic rings. The van der Waals surface area contributed by atoms with Crippen molar-refractivity contribution in [3.8, 4) is 17.3 Å². The molecule has 0 amide bonds. The Morgan fingerprint density at radius 3 is 2.58 bits per heavy atom. The predicted octanol–water partition coefficient (Wildman–Crippen LogP) is 7.07. The van der Waals surface area contributed by atoms with E-state index < -0.39 is 23.6 Å². The van der Waals surface area contributed by atoms with Crippen molar-refractivity contribution in [2.24, 2.45) is 0 Å². The number of aromatic nitrogens is 5. The van der Waals surface area contributed by atoms with Crippen LogP contribution in [0.25, 0.3) is 37.7 Å². The van der Waals surface area contributed by atoms with Gasteiger partial charge in [-0.15, -0.1) is 16.4 Å². The van der Waals surface area contributed by atoms with Crippen molar-refractivity contribution in [1.29, 1.82) is 0 Å². The fraction of sp³-hybridized carbons (Fsp3) is 0.167. The van der Waals surface area contributed by atoms with Crippen LogP contribution < -0.4 is 4.74 Å². The summed E-state index contributed by atoms with van der Waals surface area (Å²) in [7, 11) is 0. The van der Waals surface area contributed by atoms with Gasteiger partial charge in [-0.3, -0.25) is 0 Å². The smallest absolute Gasteiger partial charge is 0.433 e. The van der Waals surface area contributed by atoms with Crippen molar-refractivity contribution in [3.63, 3.8) is 0 Å². The first-order chi connectivity index (χ1) is 18.0. The molecule has 5 aromatic heterocycles. The van der Waals surface area contributed by atoms with E-state index in [2.05, 4.69) is 20.1 Å². The fourth-order valence-electron chi connectivity index (χ4n) is 3.95. The number of nitrogens with zero attached hydrogens (tertiary/aromatic N) is 5. The van der Waals surface area contributed by atoms with Crippen molar-refractivity contribution in [3.05, 3.63) is 71.4 Å². The van der Waals surface area contributed by atoms with E-state index >= 15 is 0 Å². The quantitative estimate of drug-likeness (QED) is 0.219. The standard InChI is InChI=1S/C24H13F6N5O2S/c1-11-7-16(24(28,29)30)32-22-17(11)18-19(38-22)21-33-20(34-35(21)10-31-18)15-6-5-14(37-15)9-36-13-4-2-3-12(8-13)23(25,26)27/h2-8,10H,9H2,1H3. The van der Waals surface area contributed by atoms with Crippen LogP contribution in [0.3, 0.4) is 0 Å². The zero-order valence-corrected chi connectivity index (χ0v) is 19.9. The number of halogens is 6. The Hall–Kier alpha value is -4.20. The van der Waals surface area contributed by atoms with Gasteiger partial charge in [0.15, 0.2) is 11.4 Å². The van der Waals surface area contributed by atoms with E-state index in [4.69, 9.17) is 9.15 Å². The van der Waals surface area contributed by atoms with Gasteiger partial charge in [0.1, 0.15) is 39.7 Å². The van der Waals surface area contributed by atoms with Crippen LogP contribution >= 0.6 is 11.3 Å². The lowest BCUT2D eigenvalue weighted by atomic mass is 10.1. The Kier molecular flexibility index (Phi) is 5.35. The molecule has 5 heterocycles. The molecule has 0 fully saturated rings. The number of aryl methyl sites for hydroxylation is 1. The molecular formula is C24H13F6N5O2S. The molecule has 14 heteroatoms. The second kappa shape index (κ2) is 8.41. The normalized spacial score (nSPS) is 12.7. The van der Waals surface area contributed by atoms with Crippen LogP contribution in [0.2, 0.25) is 0 Å². The first-order valence-corrected chi connectivity index (χ1v) is 11.7. The van der Waals surface area contributed by atoms with Crippen molar-refractivity contribution in [2.75, 3.05) is 0 Å². The van der Waals surface area contributed by atoms with Gasteiger partial charge < -0.3 is 9.15 Å². The highest BCUT2D eigenvalue weighted by atomic mass is 32.1. The van der Waals surface area contributed by atoms with E-state index in [1.54, 1.807) is 19.1 Å². The topological polar surface area (TPSA) is 78.3 Å². The van der Waals surface area contributed by atoms with Crippen LogP contribution in [0.15, 0.2) is 53.2 Å².